The molecule has 1 nitrogen and oxygen atoms in total. The molecule has 1 unspecified atom stereocenters. The molecule has 94 valence electrons. The van der Waals surface area contributed by atoms with Crippen molar-refractivity contribution >= 4 is 11.8 Å². The zero-order chi connectivity index (χ0) is 12.6. The monoisotopic (exact) mass is 257 g/mol. The average Bonchev–Trinajstić information content (AvgIpc) is 2.22. The van der Waals surface area contributed by atoms with E-state index >= 15 is 0 Å². The summed E-state index contributed by atoms with van der Waals surface area (Å²) in [6.07, 6.45) is 0. The molecule has 0 saturated heterocycles. The molecule has 1 heterocycles. The van der Waals surface area contributed by atoms with Crippen LogP contribution in [0, 0.1) is 11.6 Å². The summed E-state index contributed by atoms with van der Waals surface area (Å²) in [7, 11) is 0. The van der Waals surface area contributed by atoms with Gasteiger partial charge in [-0.25, -0.2) is 8.78 Å². The molecule has 0 bridgehead atoms. The Kier molecular flexibility index (Phi) is 3.46. The van der Waals surface area contributed by atoms with Crippen LogP contribution in [-0.2, 0) is 5.75 Å². The summed E-state index contributed by atoms with van der Waals surface area (Å²) >= 11 is 1.71. The maximum Gasteiger partial charge on any atom is 0.130 e. The lowest BCUT2D eigenvalue weighted by atomic mass is 9.90. The van der Waals surface area contributed by atoms with Gasteiger partial charge in [-0.05, 0) is 32.0 Å². The Morgan fingerprint density at radius 2 is 2.12 bits per heavy atom. The molecular weight excluding hydrogens is 240 g/mol. The standard InChI is InChI=1S/C13H17F2NS/c1-4-16-12-9-5-8(14)6-11(15)10(9)7-17-13(12,2)3/h5-6,12,16H,4,7H2,1-3H3. The molecule has 0 amide bonds. The van der Waals surface area contributed by atoms with Crippen LogP contribution in [0.3, 0.4) is 0 Å². The van der Waals surface area contributed by atoms with Crippen LogP contribution in [0.1, 0.15) is 37.9 Å². The topological polar surface area (TPSA) is 12.0 Å². The summed E-state index contributed by atoms with van der Waals surface area (Å²) in [5, 5.41) is 3.33. The van der Waals surface area contributed by atoms with Crippen molar-refractivity contribution in [1.29, 1.82) is 0 Å². The number of hydrogen-bond donors (Lipinski definition) is 1. The molecule has 0 radical (unpaired) electrons. The molecule has 0 saturated carbocycles. The molecule has 1 aliphatic heterocycles. The van der Waals surface area contributed by atoms with Crippen LogP contribution >= 0.6 is 11.8 Å². The number of hydrogen-bond acceptors (Lipinski definition) is 2. The van der Waals surface area contributed by atoms with Crippen molar-refractivity contribution in [3.8, 4) is 0 Å². The molecular formula is C13H17F2NS. The van der Waals surface area contributed by atoms with Gasteiger partial charge >= 0.3 is 0 Å². The first-order valence-corrected chi connectivity index (χ1v) is 6.79. The molecule has 4 heteroatoms. The van der Waals surface area contributed by atoms with Crippen molar-refractivity contribution in [3.05, 3.63) is 34.9 Å². The SMILES string of the molecule is CCNC1c2cc(F)cc(F)c2CSC1(C)C. The molecule has 1 aliphatic rings. The summed E-state index contributed by atoms with van der Waals surface area (Å²) in [4.78, 5) is 0. The fourth-order valence-electron chi connectivity index (χ4n) is 2.31. The highest BCUT2D eigenvalue weighted by atomic mass is 32.2. The first-order valence-electron chi connectivity index (χ1n) is 5.81. The van der Waals surface area contributed by atoms with Gasteiger partial charge in [0.1, 0.15) is 11.6 Å². The lowest BCUT2D eigenvalue weighted by molar-refractivity contribution is 0.441. The summed E-state index contributed by atoms with van der Waals surface area (Å²) in [6.45, 7) is 7.00. The Morgan fingerprint density at radius 3 is 2.76 bits per heavy atom. The van der Waals surface area contributed by atoms with Gasteiger partial charge in [0.05, 0.1) is 0 Å². The van der Waals surface area contributed by atoms with E-state index in [-0.39, 0.29) is 10.8 Å². The highest BCUT2D eigenvalue weighted by Crippen LogP contribution is 2.46. The maximum atomic E-state index is 13.7. The van der Waals surface area contributed by atoms with E-state index in [0.717, 1.165) is 18.2 Å². The molecule has 0 aromatic heterocycles. The van der Waals surface area contributed by atoms with Crippen molar-refractivity contribution in [2.75, 3.05) is 6.54 Å². The molecule has 1 aromatic rings. The van der Waals surface area contributed by atoms with E-state index in [2.05, 4.69) is 19.2 Å². The van der Waals surface area contributed by atoms with Crippen LogP contribution in [0.15, 0.2) is 12.1 Å². The Bertz CT molecular complexity index is 432. The zero-order valence-corrected chi connectivity index (χ0v) is 11.1. The van der Waals surface area contributed by atoms with E-state index in [0.29, 0.717) is 11.3 Å². The number of nitrogens with one attached hydrogen (secondary N) is 1. The third-order valence-electron chi connectivity index (χ3n) is 3.20. The van der Waals surface area contributed by atoms with E-state index < -0.39 is 11.6 Å². The van der Waals surface area contributed by atoms with Crippen molar-refractivity contribution in [2.24, 2.45) is 0 Å². The second-order valence-corrected chi connectivity index (χ2v) is 6.47. The van der Waals surface area contributed by atoms with Crippen LogP contribution in [0.25, 0.3) is 0 Å². The quantitative estimate of drug-likeness (QED) is 0.868. The normalized spacial score (nSPS) is 22.3. The average molecular weight is 257 g/mol. The van der Waals surface area contributed by atoms with Crippen LogP contribution < -0.4 is 5.32 Å². The van der Waals surface area contributed by atoms with E-state index in [1.165, 1.54) is 6.07 Å². The van der Waals surface area contributed by atoms with Gasteiger partial charge in [-0.3, -0.25) is 0 Å². The molecule has 2 rings (SSSR count). The molecule has 17 heavy (non-hydrogen) atoms. The molecule has 1 atom stereocenters. The largest absolute Gasteiger partial charge is 0.309 e. The second kappa shape index (κ2) is 4.58. The van der Waals surface area contributed by atoms with Crippen LogP contribution in [0.5, 0.6) is 0 Å². The second-order valence-electron chi connectivity index (χ2n) is 4.84. The van der Waals surface area contributed by atoms with Crippen molar-refractivity contribution in [3.63, 3.8) is 0 Å². The van der Waals surface area contributed by atoms with Gasteiger partial charge in [-0.2, -0.15) is 0 Å². The van der Waals surface area contributed by atoms with E-state index in [1.54, 1.807) is 11.8 Å². The third-order valence-corrected chi connectivity index (χ3v) is 4.61. The summed E-state index contributed by atoms with van der Waals surface area (Å²) in [5.41, 5.74) is 1.41. The molecule has 0 spiro atoms. The van der Waals surface area contributed by atoms with Gasteiger partial charge < -0.3 is 5.32 Å². The highest BCUT2D eigenvalue weighted by Gasteiger charge is 2.37. The highest BCUT2D eigenvalue weighted by molar-refractivity contribution is 8.00. The maximum absolute atomic E-state index is 13.7. The zero-order valence-electron chi connectivity index (χ0n) is 10.3. The van der Waals surface area contributed by atoms with Crippen LogP contribution in [0.2, 0.25) is 0 Å². The van der Waals surface area contributed by atoms with Crippen LogP contribution in [0.4, 0.5) is 8.78 Å². The van der Waals surface area contributed by atoms with E-state index in [9.17, 15) is 8.78 Å². The van der Waals surface area contributed by atoms with Crippen molar-refractivity contribution in [1.82, 2.24) is 5.32 Å². The first-order chi connectivity index (χ1) is 7.95. The van der Waals surface area contributed by atoms with Gasteiger partial charge in [0.15, 0.2) is 0 Å². The predicted octanol–water partition coefficient (Wildman–Crippen LogP) is 3.64. The van der Waals surface area contributed by atoms with Crippen molar-refractivity contribution in [2.45, 2.75) is 37.3 Å². The van der Waals surface area contributed by atoms with Gasteiger partial charge in [0.25, 0.3) is 0 Å². The van der Waals surface area contributed by atoms with Gasteiger partial charge in [0.2, 0.25) is 0 Å². The summed E-state index contributed by atoms with van der Waals surface area (Å²) in [5.74, 6) is -0.311. The summed E-state index contributed by atoms with van der Waals surface area (Å²) in [6, 6.07) is 2.43. The Morgan fingerprint density at radius 1 is 1.41 bits per heavy atom. The van der Waals surface area contributed by atoms with Crippen molar-refractivity contribution < 1.29 is 8.78 Å². The van der Waals surface area contributed by atoms with Crippen LogP contribution in [-0.4, -0.2) is 11.3 Å². The molecule has 0 fully saturated rings. The fraction of sp³-hybridized carbons (Fsp3) is 0.538. The third kappa shape index (κ3) is 2.33. The number of fused-ring (bicyclic) bond motifs is 1. The van der Waals surface area contributed by atoms with Gasteiger partial charge in [-0.15, -0.1) is 11.8 Å². The summed E-state index contributed by atoms with van der Waals surface area (Å²) < 4.78 is 27.0. The van der Waals surface area contributed by atoms with Gasteiger partial charge in [-0.1, -0.05) is 6.92 Å². The molecule has 0 aliphatic carbocycles. The number of benzene rings is 1. The minimum absolute atomic E-state index is 0.00792. The fourth-order valence-corrected chi connectivity index (χ4v) is 3.51. The molecule has 1 N–H and O–H groups in total. The number of halogens is 2. The van der Waals surface area contributed by atoms with E-state index in [4.69, 9.17) is 0 Å². The number of thioether (sulfide) groups is 1. The predicted molar refractivity (Wildman–Crippen MR) is 68.1 cm³/mol. The Hall–Kier alpha value is -0.610. The van der Waals surface area contributed by atoms with Gasteiger partial charge in [0, 0.05) is 28.2 Å². The Balaban J connectivity index is 2.52. The lowest BCUT2D eigenvalue weighted by Gasteiger charge is -2.40. The smallest absolute Gasteiger partial charge is 0.130 e. The Labute approximate surface area is 105 Å². The molecule has 1 aromatic carbocycles. The van der Waals surface area contributed by atoms with E-state index in [1.807, 2.05) is 6.92 Å². The first kappa shape index (κ1) is 12.8. The minimum Gasteiger partial charge on any atom is -0.309 e. The number of rotatable bonds is 2. The lowest BCUT2D eigenvalue weighted by Crippen LogP contribution is -2.40. The minimum atomic E-state index is -0.494.